The number of nitrogens with zero attached hydrogens (tertiary/aromatic N) is 2. The zero-order valence-corrected chi connectivity index (χ0v) is 7.99. The molecule has 9 nitrogen and oxygen atoms in total. The maximum atomic E-state index is 11.2. The van der Waals surface area contributed by atoms with Gasteiger partial charge in [-0.25, -0.2) is 4.79 Å². The van der Waals surface area contributed by atoms with Crippen LogP contribution in [0.4, 0.5) is 4.79 Å². The van der Waals surface area contributed by atoms with E-state index in [2.05, 4.69) is 0 Å². The minimum atomic E-state index is -3.75. The molecular formula is C6H12N2O7. The van der Waals surface area contributed by atoms with Gasteiger partial charge in [0.2, 0.25) is 0 Å². The third-order valence-electron chi connectivity index (χ3n) is 2.44. The minimum absolute atomic E-state index is 0.137. The van der Waals surface area contributed by atoms with Gasteiger partial charge in [0.15, 0.2) is 0 Å². The summed E-state index contributed by atoms with van der Waals surface area (Å²) in [6, 6.07) is -1.22. The van der Waals surface area contributed by atoms with Crippen LogP contribution in [0, 0.1) is 0 Å². The molecular weight excluding hydrogens is 212 g/mol. The van der Waals surface area contributed by atoms with Crippen molar-refractivity contribution in [3.8, 4) is 0 Å². The van der Waals surface area contributed by atoms with Crippen molar-refractivity contribution in [2.24, 2.45) is 0 Å². The van der Waals surface area contributed by atoms with Gasteiger partial charge in [0.1, 0.15) is 0 Å². The molecule has 9 heteroatoms. The number of carbonyl (C=O) groups excluding carboxylic acids is 1. The lowest BCUT2D eigenvalue weighted by Gasteiger charge is -2.53. The molecule has 1 fully saturated rings. The number of hydrogen-bond acceptors (Lipinski definition) is 7. The van der Waals surface area contributed by atoms with E-state index < -0.39 is 23.6 Å². The smallest absolute Gasteiger partial charge is 0.328 e. The largest absolute Gasteiger partial charge is 0.354 e. The first-order valence-electron chi connectivity index (χ1n) is 3.83. The highest BCUT2D eigenvalue weighted by Crippen LogP contribution is 2.36. The summed E-state index contributed by atoms with van der Waals surface area (Å²) >= 11 is 0. The Hall–Kier alpha value is -0.970. The normalized spacial score (nSPS) is 28.1. The number of amides is 2. The summed E-state index contributed by atoms with van der Waals surface area (Å²) < 4.78 is 0. The standard InChI is InChI=1S/C6H12N2O7/c1-7-3(9)8(2)6(14,15)4(10,11)5(7,12)13/h10-15H,1-2H3. The molecule has 0 spiro atoms. The highest BCUT2D eigenvalue weighted by atomic mass is 16.7. The Morgan fingerprint density at radius 2 is 1.13 bits per heavy atom. The van der Waals surface area contributed by atoms with Crippen molar-refractivity contribution < 1.29 is 35.4 Å². The van der Waals surface area contributed by atoms with E-state index >= 15 is 0 Å². The van der Waals surface area contributed by atoms with Crippen molar-refractivity contribution in [2.75, 3.05) is 14.1 Å². The van der Waals surface area contributed by atoms with Gasteiger partial charge in [0.25, 0.3) is 0 Å². The lowest BCUT2D eigenvalue weighted by molar-refractivity contribution is -0.513. The lowest BCUT2D eigenvalue weighted by atomic mass is 10.0. The fourth-order valence-corrected chi connectivity index (χ4v) is 1.18. The van der Waals surface area contributed by atoms with Crippen molar-refractivity contribution in [1.82, 2.24) is 9.80 Å². The van der Waals surface area contributed by atoms with Gasteiger partial charge in [-0.1, -0.05) is 0 Å². The molecule has 0 bridgehead atoms. The van der Waals surface area contributed by atoms with Crippen molar-refractivity contribution in [3.63, 3.8) is 0 Å². The Labute approximate surface area is 84.0 Å². The molecule has 1 aliphatic heterocycles. The van der Waals surface area contributed by atoms with Crippen LogP contribution in [0.15, 0.2) is 0 Å². The summed E-state index contributed by atoms with van der Waals surface area (Å²) in [5.74, 6) is -10.8. The fraction of sp³-hybridized carbons (Fsp3) is 0.833. The highest BCUT2D eigenvalue weighted by molar-refractivity contribution is 5.76. The van der Waals surface area contributed by atoms with E-state index in [1.807, 2.05) is 0 Å². The SMILES string of the molecule is CN1C(=O)N(C)C(O)(O)C(O)(O)C1(O)O. The Morgan fingerprint density at radius 3 is 1.40 bits per heavy atom. The van der Waals surface area contributed by atoms with E-state index in [0.717, 1.165) is 14.1 Å². The summed E-state index contributed by atoms with van der Waals surface area (Å²) in [6.07, 6.45) is 0. The number of urea groups is 1. The van der Waals surface area contributed by atoms with E-state index in [-0.39, 0.29) is 9.80 Å². The van der Waals surface area contributed by atoms with Crippen LogP contribution in [-0.2, 0) is 0 Å². The van der Waals surface area contributed by atoms with E-state index in [0.29, 0.717) is 0 Å². The van der Waals surface area contributed by atoms with Crippen LogP contribution in [0.2, 0.25) is 0 Å². The van der Waals surface area contributed by atoms with Gasteiger partial charge in [-0.05, 0) is 0 Å². The van der Waals surface area contributed by atoms with E-state index in [9.17, 15) is 35.4 Å². The summed E-state index contributed by atoms with van der Waals surface area (Å²) in [5.41, 5.74) is 0. The van der Waals surface area contributed by atoms with Gasteiger partial charge >= 0.3 is 23.6 Å². The van der Waals surface area contributed by atoms with Crippen molar-refractivity contribution in [1.29, 1.82) is 0 Å². The third kappa shape index (κ3) is 1.16. The predicted octanol–water partition coefficient (Wildman–Crippen LogP) is -4.06. The second kappa shape index (κ2) is 2.78. The molecule has 0 aromatic carbocycles. The van der Waals surface area contributed by atoms with Crippen LogP contribution in [0.1, 0.15) is 0 Å². The Morgan fingerprint density at radius 1 is 0.867 bits per heavy atom. The molecule has 0 radical (unpaired) electrons. The number of aliphatic hydroxyl groups is 6. The molecule has 0 atom stereocenters. The molecule has 0 aromatic heterocycles. The van der Waals surface area contributed by atoms with Crippen LogP contribution in [0.5, 0.6) is 0 Å². The number of rotatable bonds is 0. The van der Waals surface area contributed by atoms with Crippen LogP contribution >= 0.6 is 0 Å². The molecule has 1 aliphatic rings. The van der Waals surface area contributed by atoms with Crippen molar-refractivity contribution >= 4 is 6.03 Å². The lowest BCUT2D eigenvalue weighted by Crippen LogP contribution is -2.84. The molecule has 88 valence electrons. The minimum Gasteiger partial charge on any atom is -0.354 e. The average molecular weight is 224 g/mol. The van der Waals surface area contributed by atoms with E-state index in [4.69, 9.17) is 0 Å². The highest BCUT2D eigenvalue weighted by Gasteiger charge is 2.72. The molecule has 1 heterocycles. The zero-order valence-electron chi connectivity index (χ0n) is 7.99. The number of likely N-dealkylation sites (N-methyl/N-ethyl adjacent to an activating group) is 2. The second-order valence-corrected chi connectivity index (χ2v) is 3.34. The first-order chi connectivity index (χ1) is 6.48. The molecule has 1 saturated heterocycles. The molecule has 0 aromatic rings. The molecule has 0 saturated carbocycles. The van der Waals surface area contributed by atoms with Gasteiger partial charge in [-0.2, -0.15) is 0 Å². The molecule has 15 heavy (non-hydrogen) atoms. The second-order valence-electron chi connectivity index (χ2n) is 3.34. The Bertz CT molecular complexity index is 274. The van der Waals surface area contributed by atoms with Crippen molar-refractivity contribution in [2.45, 2.75) is 17.6 Å². The summed E-state index contributed by atoms with van der Waals surface area (Å²) in [5, 5.41) is 55.3. The quantitative estimate of drug-likeness (QED) is 0.229. The fourth-order valence-electron chi connectivity index (χ4n) is 1.18. The number of hydrogen-bond donors (Lipinski definition) is 6. The Balaban J connectivity index is 3.33. The molecule has 2 amide bonds. The third-order valence-corrected chi connectivity index (χ3v) is 2.44. The van der Waals surface area contributed by atoms with Gasteiger partial charge in [-0.15, -0.1) is 0 Å². The van der Waals surface area contributed by atoms with Crippen LogP contribution in [0.25, 0.3) is 0 Å². The maximum absolute atomic E-state index is 11.2. The van der Waals surface area contributed by atoms with Crippen molar-refractivity contribution in [3.05, 3.63) is 0 Å². The zero-order chi connectivity index (χ0) is 12.2. The summed E-state index contributed by atoms with van der Waals surface area (Å²) in [6.45, 7) is 0. The maximum Gasteiger partial charge on any atom is 0.328 e. The van der Waals surface area contributed by atoms with Gasteiger partial charge < -0.3 is 30.6 Å². The summed E-state index contributed by atoms with van der Waals surface area (Å²) in [7, 11) is 1.69. The van der Waals surface area contributed by atoms with Gasteiger partial charge in [0, 0.05) is 14.1 Å². The van der Waals surface area contributed by atoms with Crippen LogP contribution in [-0.4, -0.2) is 78.2 Å². The topological polar surface area (TPSA) is 145 Å². The van der Waals surface area contributed by atoms with Crippen LogP contribution < -0.4 is 0 Å². The Kier molecular flexibility index (Phi) is 2.25. The molecule has 1 rings (SSSR count). The van der Waals surface area contributed by atoms with E-state index in [1.54, 1.807) is 0 Å². The average Bonchev–Trinajstić information content (AvgIpc) is 2.12. The van der Waals surface area contributed by atoms with E-state index in [1.165, 1.54) is 0 Å². The van der Waals surface area contributed by atoms with Gasteiger partial charge in [0.05, 0.1) is 0 Å². The first kappa shape index (κ1) is 12.1. The molecule has 0 unspecified atom stereocenters. The molecule has 6 N–H and O–H groups in total. The summed E-state index contributed by atoms with van der Waals surface area (Å²) in [4.78, 5) is 11.5. The van der Waals surface area contributed by atoms with Crippen LogP contribution in [0.3, 0.4) is 0 Å². The first-order valence-corrected chi connectivity index (χ1v) is 3.83. The van der Waals surface area contributed by atoms with Gasteiger partial charge in [-0.3, -0.25) is 9.80 Å². The molecule has 0 aliphatic carbocycles. The monoisotopic (exact) mass is 224 g/mol. The predicted molar refractivity (Wildman–Crippen MR) is 42.4 cm³/mol. The number of carbonyl (C=O) groups is 1.